The van der Waals surface area contributed by atoms with Crippen LogP contribution in [-0.2, 0) is 11.3 Å². The van der Waals surface area contributed by atoms with Gasteiger partial charge in [-0.2, -0.15) is 13.2 Å². The SMILES string of the molecule is O=C(O)C(F)(F)F.O=C(c1cnccn1)N1C[C@H]2CN(Cc3ccoc3)C[C@H]2C1. The Balaban J connectivity index is 0.000000298. The molecule has 2 saturated heterocycles. The minimum atomic E-state index is -5.08. The fraction of sp³-hybridized carbons (Fsp3) is 0.444. The number of nitrogens with zero attached hydrogens (tertiary/aromatic N) is 4. The van der Waals surface area contributed by atoms with E-state index in [9.17, 15) is 18.0 Å². The first-order chi connectivity index (χ1) is 13.7. The first-order valence-electron chi connectivity index (χ1n) is 8.83. The number of likely N-dealkylation sites (tertiary alicyclic amines) is 2. The van der Waals surface area contributed by atoms with Crippen molar-refractivity contribution in [2.24, 2.45) is 11.8 Å². The molecule has 2 aromatic heterocycles. The van der Waals surface area contributed by atoms with Crippen molar-refractivity contribution in [1.29, 1.82) is 0 Å². The van der Waals surface area contributed by atoms with Crippen LogP contribution in [0.2, 0.25) is 0 Å². The van der Waals surface area contributed by atoms with E-state index in [-0.39, 0.29) is 5.91 Å². The fourth-order valence-corrected chi connectivity index (χ4v) is 3.60. The molecule has 156 valence electrons. The fourth-order valence-electron chi connectivity index (χ4n) is 3.60. The number of furan rings is 1. The van der Waals surface area contributed by atoms with Crippen molar-refractivity contribution in [1.82, 2.24) is 19.8 Å². The summed E-state index contributed by atoms with van der Waals surface area (Å²) in [4.78, 5) is 33.8. The number of carboxylic acids is 1. The Labute approximate surface area is 163 Å². The Morgan fingerprint density at radius 2 is 1.83 bits per heavy atom. The van der Waals surface area contributed by atoms with Crippen molar-refractivity contribution in [2.45, 2.75) is 12.7 Å². The second kappa shape index (κ2) is 8.60. The van der Waals surface area contributed by atoms with Gasteiger partial charge in [0.25, 0.3) is 5.91 Å². The Morgan fingerprint density at radius 1 is 1.17 bits per heavy atom. The van der Waals surface area contributed by atoms with E-state index in [4.69, 9.17) is 14.3 Å². The molecule has 4 heterocycles. The topological polar surface area (TPSA) is 99.8 Å². The van der Waals surface area contributed by atoms with Crippen molar-refractivity contribution in [3.63, 3.8) is 0 Å². The number of alkyl halides is 3. The number of rotatable bonds is 3. The molecule has 0 unspecified atom stereocenters. The Kier molecular flexibility index (Phi) is 6.16. The molecule has 11 heteroatoms. The highest BCUT2D eigenvalue weighted by Crippen LogP contribution is 2.32. The van der Waals surface area contributed by atoms with Crippen molar-refractivity contribution < 1.29 is 32.3 Å². The lowest BCUT2D eigenvalue weighted by Crippen LogP contribution is -2.33. The number of carboxylic acid groups (broad SMARTS) is 1. The van der Waals surface area contributed by atoms with Gasteiger partial charge in [-0.1, -0.05) is 0 Å². The van der Waals surface area contributed by atoms with Gasteiger partial charge < -0.3 is 14.4 Å². The molecule has 8 nitrogen and oxygen atoms in total. The lowest BCUT2D eigenvalue weighted by atomic mass is 10.0. The van der Waals surface area contributed by atoms with Crippen LogP contribution in [0.5, 0.6) is 0 Å². The maximum atomic E-state index is 12.4. The Hall–Kier alpha value is -2.95. The van der Waals surface area contributed by atoms with E-state index in [0.29, 0.717) is 17.5 Å². The van der Waals surface area contributed by atoms with Crippen LogP contribution in [0.4, 0.5) is 13.2 Å². The molecule has 2 fully saturated rings. The molecule has 1 amide bonds. The summed E-state index contributed by atoms with van der Waals surface area (Å²) in [7, 11) is 0. The number of carbonyl (C=O) groups is 2. The van der Waals surface area contributed by atoms with Crippen LogP contribution in [0.25, 0.3) is 0 Å². The van der Waals surface area contributed by atoms with Crippen LogP contribution >= 0.6 is 0 Å². The minimum Gasteiger partial charge on any atom is -0.475 e. The Morgan fingerprint density at radius 3 is 2.31 bits per heavy atom. The lowest BCUT2D eigenvalue weighted by Gasteiger charge is -2.20. The zero-order valence-electron chi connectivity index (χ0n) is 15.2. The van der Waals surface area contributed by atoms with E-state index < -0.39 is 12.1 Å². The molecule has 4 rings (SSSR count). The summed E-state index contributed by atoms with van der Waals surface area (Å²) in [6, 6.07) is 2.01. The predicted octanol–water partition coefficient (Wildman–Crippen LogP) is 1.91. The third-order valence-corrected chi connectivity index (χ3v) is 4.86. The van der Waals surface area contributed by atoms with Gasteiger partial charge in [-0.15, -0.1) is 0 Å². The zero-order valence-corrected chi connectivity index (χ0v) is 15.2. The standard InChI is InChI=1S/C16H18N4O2.C2HF3O2/c21-16(15-5-17-2-3-18-15)20-9-13-7-19(8-14(13)10-20)6-12-1-4-22-11-12;3-2(4,5)1(6)7/h1-5,11,13-14H,6-10H2;(H,6,7)/t13-,14+;. The van der Waals surface area contributed by atoms with E-state index in [1.807, 2.05) is 11.0 Å². The zero-order chi connectivity index (χ0) is 21.0. The average Bonchev–Trinajstić information content (AvgIpc) is 3.38. The summed E-state index contributed by atoms with van der Waals surface area (Å²) in [6.07, 6.45) is 3.13. The molecule has 2 atom stereocenters. The molecular weight excluding hydrogens is 393 g/mol. The van der Waals surface area contributed by atoms with Crippen LogP contribution < -0.4 is 0 Å². The molecule has 1 N–H and O–H groups in total. The summed E-state index contributed by atoms with van der Waals surface area (Å²) in [5.74, 6) is -1.63. The van der Waals surface area contributed by atoms with Crippen molar-refractivity contribution >= 4 is 11.9 Å². The van der Waals surface area contributed by atoms with E-state index in [0.717, 1.165) is 32.7 Å². The normalized spacial score (nSPS) is 21.4. The third-order valence-electron chi connectivity index (χ3n) is 4.86. The summed E-state index contributed by atoms with van der Waals surface area (Å²) in [6.45, 7) is 4.66. The highest BCUT2D eigenvalue weighted by atomic mass is 19.4. The molecule has 0 saturated carbocycles. The van der Waals surface area contributed by atoms with Crippen LogP contribution in [0.1, 0.15) is 16.1 Å². The lowest BCUT2D eigenvalue weighted by molar-refractivity contribution is -0.192. The summed E-state index contributed by atoms with van der Waals surface area (Å²) < 4.78 is 36.9. The van der Waals surface area contributed by atoms with Crippen molar-refractivity contribution in [3.05, 3.63) is 48.4 Å². The molecule has 0 bridgehead atoms. The van der Waals surface area contributed by atoms with Gasteiger partial charge in [-0.3, -0.25) is 14.7 Å². The smallest absolute Gasteiger partial charge is 0.475 e. The minimum absolute atomic E-state index is 0.00360. The van der Waals surface area contributed by atoms with Gasteiger partial charge in [0.2, 0.25) is 0 Å². The quantitative estimate of drug-likeness (QED) is 0.822. The number of carbonyl (C=O) groups excluding carboxylic acids is 1. The number of hydrogen-bond acceptors (Lipinski definition) is 6. The molecular formula is C18H19F3N4O4. The largest absolute Gasteiger partial charge is 0.490 e. The average molecular weight is 412 g/mol. The molecule has 29 heavy (non-hydrogen) atoms. The van der Waals surface area contributed by atoms with E-state index >= 15 is 0 Å². The van der Waals surface area contributed by atoms with Gasteiger partial charge in [0.15, 0.2) is 0 Å². The van der Waals surface area contributed by atoms with Crippen molar-refractivity contribution in [3.8, 4) is 0 Å². The van der Waals surface area contributed by atoms with Gasteiger partial charge in [-0.05, 0) is 17.9 Å². The molecule has 0 spiro atoms. The molecule has 0 radical (unpaired) electrons. The molecule has 2 aliphatic rings. The van der Waals surface area contributed by atoms with Gasteiger partial charge in [0.1, 0.15) is 5.69 Å². The second-order valence-corrected chi connectivity index (χ2v) is 6.95. The number of hydrogen-bond donors (Lipinski definition) is 1. The van der Waals surface area contributed by atoms with Gasteiger partial charge in [-0.25, -0.2) is 9.78 Å². The highest BCUT2D eigenvalue weighted by Gasteiger charge is 2.42. The second-order valence-electron chi connectivity index (χ2n) is 6.95. The first kappa shape index (κ1) is 20.8. The maximum Gasteiger partial charge on any atom is 0.490 e. The number of fused-ring (bicyclic) bond motifs is 1. The predicted molar refractivity (Wildman–Crippen MR) is 92.6 cm³/mol. The van der Waals surface area contributed by atoms with Gasteiger partial charge in [0.05, 0.1) is 18.7 Å². The van der Waals surface area contributed by atoms with E-state index in [1.165, 1.54) is 5.56 Å². The monoisotopic (exact) mass is 412 g/mol. The number of aromatic nitrogens is 2. The summed E-state index contributed by atoms with van der Waals surface area (Å²) in [5.41, 5.74) is 1.66. The molecule has 2 aromatic rings. The number of halogens is 3. The molecule has 0 aliphatic carbocycles. The summed E-state index contributed by atoms with van der Waals surface area (Å²) in [5, 5.41) is 7.12. The molecule has 0 aromatic carbocycles. The third kappa shape index (κ3) is 5.31. The number of amides is 1. The maximum absolute atomic E-state index is 12.4. The van der Waals surface area contributed by atoms with Crippen molar-refractivity contribution in [2.75, 3.05) is 26.2 Å². The highest BCUT2D eigenvalue weighted by molar-refractivity contribution is 5.92. The van der Waals surface area contributed by atoms with Crippen LogP contribution in [0, 0.1) is 11.8 Å². The van der Waals surface area contributed by atoms with Crippen LogP contribution in [-0.4, -0.2) is 69.1 Å². The summed E-state index contributed by atoms with van der Waals surface area (Å²) >= 11 is 0. The van der Waals surface area contributed by atoms with Gasteiger partial charge in [0, 0.05) is 50.7 Å². The number of aliphatic carboxylic acids is 1. The van der Waals surface area contributed by atoms with E-state index in [1.54, 1.807) is 31.1 Å². The van der Waals surface area contributed by atoms with Gasteiger partial charge >= 0.3 is 12.1 Å². The molecule has 2 aliphatic heterocycles. The Bertz CT molecular complexity index is 815. The first-order valence-corrected chi connectivity index (χ1v) is 8.83. The van der Waals surface area contributed by atoms with E-state index in [2.05, 4.69) is 14.9 Å². The van der Waals surface area contributed by atoms with Crippen LogP contribution in [0.15, 0.2) is 41.6 Å². The van der Waals surface area contributed by atoms with Crippen LogP contribution in [0.3, 0.4) is 0 Å².